The minimum atomic E-state index is -3.26. The second-order valence-electron chi connectivity index (χ2n) is 4.72. The summed E-state index contributed by atoms with van der Waals surface area (Å²) in [5.41, 5.74) is 0.0562. The Kier molecular flexibility index (Phi) is 4.58. The van der Waals surface area contributed by atoms with Crippen molar-refractivity contribution in [3.05, 3.63) is 35.4 Å². The largest absolute Gasteiger partial charge is 0.336 e. The molecule has 1 fully saturated rings. The monoisotopic (exact) mass is 318 g/mol. The Morgan fingerprint density at radius 2 is 1.76 bits per heavy atom. The molecule has 1 amide bonds. The van der Waals surface area contributed by atoms with Crippen molar-refractivity contribution in [3.8, 4) is 0 Å². The Labute approximate surface area is 122 Å². The lowest BCUT2D eigenvalue weighted by atomic mass is 10.1. The molecule has 0 atom stereocenters. The van der Waals surface area contributed by atoms with Crippen LogP contribution in [0.3, 0.4) is 0 Å². The highest BCUT2D eigenvalue weighted by Crippen LogP contribution is 2.14. The molecule has 0 unspecified atom stereocenters. The summed E-state index contributed by atoms with van der Waals surface area (Å²) >= 11 is 0. The average molecular weight is 318 g/mol. The lowest BCUT2D eigenvalue weighted by molar-refractivity contribution is 0.0697. The maximum Gasteiger partial charge on any atom is 0.254 e. The number of hydrogen-bond acceptors (Lipinski definition) is 3. The standard InChI is InChI=1S/C13H16F2N2O3S/c1-2-21(19,20)17-7-5-16(6-8-17)13(18)10-3-4-11(14)12(15)9-10/h3-4,9H,2,5-8H2,1H3. The topological polar surface area (TPSA) is 57.7 Å². The SMILES string of the molecule is CCS(=O)(=O)N1CCN(C(=O)c2ccc(F)c(F)c2)CC1. The zero-order chi connectivity index (χ0) is 15.6. The van der Waals surface area contributed by atoms with Gasteiger partial charge in [-0.15, -0.1) is 0 Å². The van der Waals surface area contributed by atoms with Crippen LogP contribution in [0.4, 0.5) is 8.78 Å². The Bertz CT molecular complexity index is 641. The molecule has 5 nitrogen and oxygen atoms in total. The van der Waals surface area contributed by atoms with E-state index < -0.39 is 27.6 Å². The molecule has 0 spiro atoms. The van der Waals surface area contributed by atoms with Gasteiger partial charge in [-0.3, -0.25) is 4.79 Å². The number of nitrogens with zero attached hydrogens (tertiary/aromatic N) is 2. The second-order valence-corrected chi connectivity index (χ2v) is 6.98. The highest BCUT2D eigenvalue weighted by molar-refractivity contribution is 7.89. The summed E-state index contributed by atoms with van der Waals surface area (Å²) in [6, 6.07) is 2.98. The van der Waals surface area contributed by atoms with Crippen LogP contribution in [0, 0.1) is 11.6 Å². The molecule has 1 aromatic rings. The van der Waals surface area contributed by atoms with Crippen LogP contribution in [0.2, 0.25) is 0 Å². The van der Waals surface area contributed by atoms with Crippen molar-refractivity contribution >= 4 is 15.9 Å². The van der Waals surface area contributed by atoms with Gasteiger partial charge in [0, 0.05) is 31.7 Å². The van der Waals surface area contributed by atoms with Crippen LogP contribution < -0.4 is 0 Å². The van der Waals surface area contributed by atoms with E-state index in [1.807, 2.05) is 0 Å². The van der Waals surface area contributed by atoms with Gasteiger partial charge in [-0.05, 0) is 25.1 Å². The van der Waals surface area contributed by atoms with Crippen LogP contribution in [0.1, 0.15) is 17.3 Å². The molecule has 1 aliphatic heterocycles. The fraction of sp³-hybridized carbons (Fsp3) is 0.462. The zero-order valence-corrected chi connectivity index (χ0v) is 12.4. The Balaban J connectivity index is 2.05. The van der Waals surface area contributed by atoms with Crippen molar-refractivity contribution in [2.45, 2.75) is 6.92 Å². The van der Waals surface area contributed by atoms with Crippen molar-refractivity contribution in [2.24, 2.45) is 0 Å². The summed E-state index contributed by atoms with van der Waals surface area (Å²) in [6.07, 6.45) is 0. The third-order valence-corrected chi connectivity index (χ3v) is 5.33. The van der Waals surface area contributed by atoms with E-state index in [1.165, 1.54) is 15.3 Å². The highest BCUT2D eigenvalue weighted by Gasteiger charge is 2.28. The quantitative estimate of drug-likeness (QED) is 0.838. The molecule has 0 saturated carbocycles. The maximum absolute atomic E-state index is 13.1. The summed E-state index contributed by atoms with van der Waals surface area (Å²) in [4.78, 5) is 13.6. The van der Waals surface area contributed by atoms with Crippen LogP contribution in [0.5, 0.6) is 0 Å². The molecule has 0 N–H and O–H groups in total. The van der Waals surface area contributed by atoms with Gasteiger partial charge < -0.3 is 4.90 Å². The number of carbonyl (C=O) groups excluding carboxylic acids is 1. The van der Waals surface area contributed by atoms with Crippen LogP contribution in [0.25, 0.3) is 0 Å². The van der Waals surface area contributed by atoms with Gasteiger partial charge in [0.25, 0.3) is 5.91 Å². The van der Waals surface area contributed by atoms with E-state index in [9.17, 15) is 22.0 Å². The molecular weight excluding hydrogens is 302 g/mol. The van der Waals surface area contributed by atoms with E-state index in [4.69, 9.17) is 0 Å². The predicted octanol–water partition coefficient (Wildman–Crippen LogP) is 1.07. The van der Waals surface area contributed by atoms with Gasteiger partial charge in [0.1, 0.15) is 0 Å². The van der Waals surface area contributed by atoms with Gasteiger partial charge in [0.15, 0.2) is 11.6 Å². The van der Waals surface area contributed by atoms with Gasteiger partial charge in [0.05, 0.1) is 5.75 Å². The van der Waals surface area contributed by atoms with Gasteiger partial charge in [-0.25, -0.2) is 17.2 Å². The van der Waals surface area contributed by atoms with E-state index in [-0.39, 0.29) is 37.5 Å². The molecule has 1 aromatic carbocycles. The summed E-state index contributed by atoms with van der Waals surface area (Å²) < 4.78 is 50.8. The molecule has 116 valence electrons. The summed E-state index contributed by atoms with van der Waals surface area (Å²) in [6.45, 7) is 2.46. The van der Waals surface area contributed by atoms with Crippen LogP contribution in [-0.4, -0.2) is 55.5 Å². The van der Waals surface area contributed by atoms with Gasteiger partial charge in [0.2, 0.25) is 10.0 Å². The smallest absolute Gasteiger partial charge is 0.254 e. The predicted molar refractivity (Wildman–Crippen MR) is 73.3 cm³/mol. The third kappa shape index (κ3) is 3.38. The van der Waals surface area contributed by atoms with E-state index in [1.54, 1.807) is 6.92 Å². The van der Waals surface area contributed by atoms with Crippen LogP contribution >= 0.6 is 0 Å². The first-order chi connectivity index (χ1) is 9.85. The summed E-state index contributed by atoms with van der Waals surface area (Å²) in [7, 11) is -3.26. The number of piperazine rings is 1. The van der Waals surface area contributed by atoms with Crippen molar-refractivity contribution in [3.63, 3.8) is 0 Å². The van der Waals surface area contributed by atoms with Crippen molar-refractivity contribution in [2.75, 3.05) is 31.9 Å². The first kappa shape index (κ1) is 15.8. The van der Waals surface area contributed by atoms with Gasteiger partial charge >= 0.3 is 0 Å². The molecule has 0 aliphatic carbocycles. The summed E-state index contributed by atoms with van der Waals surface area (Å²) in [5, 5.41) is 0. The van der Waals surface area contributed by atoms with Crippen molar-refractivity contribution in [1.82, 2.24) is 9.21 Å². The first-order valence-corrected chi connectivity index (χ1v) is 8.18. The number of sulfonamides is 1. The second kappa shape index (κ2) is 6.07. The fourth-order valence-corrected chi connectivity index (χ4v) is 3.25. The molecular formula is C13H16F2N2O3S. The van der Waals surface area contributed by atoms with Gasteiger partial charge in [-0.1, -0.05) is 0 Å². The van der Waals surface area contributed by atoms with E-state index in [0.717, 1.165) is 12.1 Å². The molecule has 21 heavy (non-hydrogen) atoms. The number of hydrogen-bond donors (Lipinski definition) is 0. The minimum absolute atomic E-state index is 0.0180. The molecule has 1 saturated heterocycles. The van der Waals surface area contributed by atoms with E-state index in [2.05, 4.69) is 0 Å². The molecule has 8 heteroatoms. The van der Waals surface area contributed by atoms with E-state index >= 15 is 0 Å². The molecule has 1 heterocycles. The maximum atomic E-state index is 13.1. The van der Waals surface area contributed by atoms with Crippen LogP contribution in [-0.2, 0) is 10.0 Å². The zero-order valence-electron chi connectivity index (χ0n) is 11.6. The Morgan fingerprint density at radius 1 is 1.14 bits per heavy atom. The molecule has 0 radical (unpaired) electrons. The lowest BCUT2D eigenvalue weighted by Gasteiger charge is -2.33. The Hall–Kier alpha value is -1.54. The third-order valence-electron chi connectivity index (χ3n) is 3.45. The molecule has 1 aliphatic rings. The molecule has 0 aromatic heterocycles. The molecule has 2 rings (SSSR count). The van der Waals surface area contributed by atoms with Crippen LogP contribution in [0.15, 0.2) is 18.2 Å². The number of carbonyl (C=O) groups is 1. The number of halogens is 2. The average Bonchev–Trinajstić information content (AvgIpc) is 2.49. The number of rotatable bonds is 3. The first-order valence-electron chi connectivity index (χ1n) is 6.57. The van der Waals surface area contributed by atoms with Crippen molar-refractivity contribution < 1.29 is 22.0 Å². The summed E-state index contributed by atoms with van der Waals surface area (Å²) in [5.74, 6) is -2.50. The Morgan fingerprint density at radius 3 is 2.29 bits per heavy atom. The normalized spacial score (nSPS) is 17.0. The highest BCUT2D eigenvalue weighted by atomic mass is 32.2. The van der Waals surface area contributed by atoms with E-state index in [0.29, 0.717) is 0 Å². The van der Waals surface area contributed by atoms with Crippen molar-refractivity contribution in [1.29, 1.82) is 0 Å². The van der Waals surface area contributed by atoms with Gasteiger partial charge in [-0.2, -0.15) is 4.31 Å². The number of benzene rings is 1. The minimum Gasteiger partial charge on any atom is -0.336 e. The number of amides is 1. The lowest BCUT2D eigenvalue weighted by Crippen LogP contribution is -2.50. The fourth-order valence-electron chi connectivity index (χ4n) is 2.16. The molecule has 0 bridgehead atoms.